The number of carbonyl (C=O) groups excluding carboxylic acids is 3. The van der Waals surface area contributed by atoms with Crippen molar-refractivity contribution in [1.82, 2.24) is 15.5 Å². The summed E-state index contributed by atoms with van der Waals surface area (Å²) in [6, 6.07) is 10.1. The highest BCUT2D eigenvalue weighted by Gasteiger charge is 2.36. The zero-order valence-electron chi connectivity index (χ0n) is 17.5. The van der Waals surface area contributed by atoms with Gasteiger partial charge in [-0.15, -0.1) is 0 Å². The van der Waals surface area contributed by atoms with E-state index in [1.54, 1.807) is 11.0 Å². The molecule has 3 amide bonds. The Morgan fingerprint density at radius 3 is 2.19 bits per heavy atom. The van der Waals surface area contributed by atoms with Gasteiger partial charge in [-0.25, -0.2) is 8.78 Å². The Kier molecular flexibility index (Phi) is 6.48. The van der Waals surface area contributed by atoms with Crippen molar-refractivity contribution in [3.8, 4) is 0 Å². The summed E-state index contributed by atoms with van der Waals surface area (Å²) >= 11 is 0. The van der Waals surface area contributed by atoms with Gasteiger partial charge in [-0.1, -0.05) is 6.07 Å². The maximum Gasteiger partial charge on any atom is 0.253 e. The van der Waals surface area contributed by atoms with Crippen LogP contribution < -0.4 is 10.6 Å². The number of likely N-dealkylation sites (tertiary alicyclic amines) is 1. The summed E-state index contributed by atoms with van der Waals surface area (Å²) in [6.07, 6.45) is 2.89. The number of benzene rings is 2. The van der Waals surface area contributed by atoms with Crippen LogP contribution in [0.15, 0.2) is 48.5 Å². The molecule has 0 radical (unpaired) electrons. The number of piperidine rings is 1. The summed E-state index contributed by atoms with van der Waals surface area (Å²) in [5, 5.41) is 5.76. The molecule has 1 aliphatic carbocycles. The van der Waals surface area contributed by atoms with Gasteiger partial charge in [-0.3, -0.25) is 14.4 Å². The molecule has 168 valence electrons. The fourth-order valence-electron chi connectivity index (χ4n) is 3.98. The molecule has 0 bridgehead atoms. The van der Waals surface area contributed by atoms with E-state index in [1.807, 2.05) is 0 Å². The second kappa shape index (κ2) is 9.46. The Labute approximate surface area is 185 Å². The zero-order chi connectivity index (χ0) is 22.7. The van der Waals surface area contributed by atoms with Crippen LogP contribution in [-0.2, 0) is 4.79 Å². The van der Waals surface area contributed by atoms with Crippen LogP contribution in [0.1, 0.15) is 46.4 Å². The highest BCUT2D eigenvalue weighted by atomic mass is 19.1. The summed E-state index contributed by atoms with van der Waals surface area (Å²) in [5.41, 5.74) is 0.561. The van der Waals surface area contributed by atoms with Gasteiger partial charge in [0.2, 0.25) is 5.91 Å². The van der Waals surface area contributed by atoms with Crippen LogP contribution in [0.2, 0.25) is 0 Å². The highest BCUT2D eigenvalue weighted by Crippen LogP contribution is 2.25. The van der Waals surface area contributed by atoms with Gasteiger partial charge in [-0.05, 0) is 74.1 Å². The largest absolute Gasteiger partial charge is 0.352 e. The van der Waals surface area contributed by atoms with E-state index in [9.17, 15) is 23.2 Å². The molecule has 1 saturated carbocycles. The first-order chi connectivity index (χ1) is 15.4. The minimum absolute atomic E-state index is 0.141. The zero-order valence-corrected chi connectivity index (χ0v) is 17.5. The molecule has 0 spiro atoms. The van der Waals surface area contributed by atoms with Crippen LogP contribution in [0, 0.1) is 17.6 Å². The Bertz CT molecular complexity index is 1000. The minimum Gasteiger partial charge on any atom is -0.352 e. The number of nitrogens with zero attached hydrogens (tertiary/aromatic N) is 1. The summed E-state index contributed by atoms with van der Waals surface area (Å²) in [7, 11) is 0. The van der Waals surface area contributed by atoms with E-state index in [0.29, 0.717) is 25.9 Å². The lowest BCUT2D eigenvalue weighted by Crippen LogP contribution is -2.54. The van der Waals surface area contributed by atoms with E-state index < -0.39 is 23.6 Å². The molecule has 1 atom stereocenters. The summed E-state index contributed by atoms with van der Waals surface area (Å²) in [6.45, 7) is 0.805. The second-order valence-corrected chi connectivity index (χ2v) is 8.38. The molecule has 2 aliphatic rings. The average Bonchev–Trinajstić information content (AvgIpc) is 3.61. The van der Waals surface area contributed by atoms with Crippen LogP contribution in [0.4, 0.5) is 8.78 Å². The van der Waals surface area contributed by atoms with Crippen molar-refractivity contribution in [3.05, 3.63) is 71.3 Å². The van der Waals surface area contributed by atoms with Gasteiger partial charge >= 0.3 is 0 Å². The van der Waals surface area contributed by atoms with E-state index in [1.165, 1.54) is 42.5 Å². The Morgan fingerprint density at radius 1 is 0.875 bits per heavy atom. The first-order valence-corrected chi connectivity index (χ1v) is 10.8. The molecule has 1 unspecified atom stereocenters. The molecule has 2 aromatic carbocycles. The maximum absolute atomic E-state index is 13.5. The van der Waals surface area contributed by atoms with Crippen molar-refractivity contribution < 1.29 is 23.2 Å². The molecule has 4 rings (SSSR count). The predicted octanol–water partition coefficient (Wildman–Crippen LogP) is 2.89. The summed E-state index contributed by atoms with van der Waals surface area (Å²) in [4.78, 5) is 39.9. The number of carbonyl (C=O) groups is 3. The monoisotopic (exact) mass is 441 g/mol. The van der Waals surface area contributed by atoms with Gasteiger partial charge in [0.05, 0.1) is 0 Å². The predicted molar refractivity (Wildman–Crippen MR) is 114 cm³/mol. The Balaban J connectivity index is 1.42. The van der Waals surface area contributed by atoms with Crippen LogP contribution in [0.3, 0.4) is 0 Å². The first-order valence-electron chi connectivity index (χ1n) is 10.8. The van der Waals surface area contributed by atoms with E-state index in [4.69, 9.17) is 0 Å². The number of amides is 3. The third kappa shape index (κ3) is 5.30. The van der Waals surface area contributed by atoms with Gasteiger partial charge in [0.15, 0.2) is 0 Å². The number of nitrogens with one attached hydrogen (secondary N) is 2. The molecule has 0 aromatic heterocycles. The number of rotatable bonds is 6. The molecule has 2 fully saturated rings. The Morgan fingerprint density at radius 2 is 1.56 bits per heavy atom. The first kappa shape index (κ1) is 21.9. The van der Waals surface area contributed by atoms with Crippen molar-refractivity contribution >= 4 is 17.7 Å². The summed E-state index contributed by atoms with van der Waals surface area (Å²) in [5.74, 6) is -2.00. The van der Waals surface area contributed by atoms with Crippen molar-refractivity contribution in [1.29, 1.82) is 0 Å². The number of hydrogen-bond donors (Lipinski definition) is 2. The van der Waals surface area contributed by atoms with Gasteiger partial charge in [0.25, 0.3) is 11.8 Å². The third-order valence-electron chi connectivity index (χ3n) is 5.97. The molecule has 1 heterocycles. The molecule has 2 N–H and O–H groups in total. The fourth-order valence-corrected chi connectivity index (χ4v) is 3.98. The van der Waals surface area contributed by atoms with Crippen molar-refractivity contribution in [2.24, 2.45) is 5.92 Å². The Hall–Kier alpha value is -3.29. The van der Waals surface area contributed by atoms with Gasteiger partial charge < -0.3 is 15.5 Å². The highest BCUT2D eigenvalue weighted by molar-refractivity contribution is 5.98. The molecule has 6 nitrogen and oxygen atoms in total. The molecule has 8 heteroatoms. The quantitative estimate of drug-likeness (QED) is 0.724. The molecular formula is C24H25F2N3O3. The van der Waals surface area contributed by atoms with Crippen LogP contribution >= 0.6 is 0 Å². The van der Waals surface area contributed by atoms with E-state index in [0.717, 1.165) is 12.8 Å². The molecule has 1 aliphatic heterocycles. The van der Waals surface area contributed by atoms with Gasteiger partial charge in [0, 0.05) is 30.3 Å². The van der Waals surface area contributed by atoms with Crippen molar-refractivity contribution in [3.63, 3.8) is 0 Å². The lowest BCUT2D eigenvalue weighted by molar-refractivity contribution is -0.124. The van der Waals surface area contributed by atoms with Crippen molar-refractivity contribution in [2.45, 2.75) is 37.8 Å². The standard InChI is InChI=1S/C24H25F2N3O3/c25-18-6-4-16(5-7-18)22(30)28-21(23(31)27-20-8-9-20)15-10-12-29(13-11-15)24(32)17-2-1-3-19(26)14-17/h1-7,14-15,20-21H,8-13H2,(H,27,31)(H,28,30). The fraction of sp³-hybridized carbons (Fsp3) is 0.375. The normalized spacial score (nSPS) is 17.5. The number of hydrogen-bond acceptors (Lipinski definition) is 3. The summed E-state index contributed by atoms with van der Waals surface area (Å²) < 4.78 is 26.6. The second-order valence-electron chi connectivity index (χ2n) is 8.38. The van der Waals surface area contributed by atoms with E-state index in [2.05, 4.69) is 10.6 Å². The van der Waals surface area contributed by atoms with Crippen LogP contribution in [0.5, 0.6) is 0 Å². The lowest BCUT2D eigenvalue weighted by atomic mass is 9.88. The average molecular weight is 441 g/mol. The smallest absolute Gasteiger partial charge is 0.253 e. The third-order valence-corrected chi connectivity index (χ3v) is 5.97. The molecule has 2 aromatic rings. The molecule has 32 heavy (non-hydrogen) atoms. The maximum atomic E-state index is 13.5. The van der Waals surface area contributed by atoms with E-state index >= 15 is 0 Å². The SMILES string of the molecule is O=C(NC(C(=O)NC1CC1)C1CCN(C(=O)c2cccc(F)c2)CC1)c1ccc(F)cc1. The van der Waals surface area contributed by atoms with Crippen LogP contribution in [0.25, 0.3) is 0 Å². The van der Waals surface area contributed by atoms with Gasteiger partial charge in [-0.2, -0.15) is 0 Å². The number of halogens is 2. The lowest BCUT2D eigenvalue weighted by Gasteiger charge is -2.36. The van der Waals surface area contributed by atoms with Crippen LogP contribution in [-0.4, -0.2) is 47.8 Å². The minimum atomic E-state index is -0.750. The van der Waals surface area contributed by atoms with Gasteiger partial charge in [0.1, 0.15) is 17.7 Å². The topological polar surface area (TPSA) is 78.5 Å². The van der Waals surface area contributed by atoms with E-state index in [-0.39, 0.29) is 34.9 Å². The molecule has 1 saturated heterocycles. The van der Waals surface area contributed by atoms with Crippen molar-refractivity contribution in [2.75, 3.05) is 13.1 Å². The molecular weight excluding hydrogens is 416 g/mol.